The van der Waals surface area contributed by atoms with E-state index in [4.69, 9.17) is 14.2 Å². The van der Waals surface area contributed by atoms with Crippen molar-refractivity contribution in [2.24, 2.45) is 0 Å². The van der Waals surface area contributed by atoms with Crippen molar-refractivity contribution in [2.45, 2.75) is 30.1 Å². The summed E-state index contributed by atoms with van der Waals surface area (Å²) in [5, 5.41) is 2.53. The predicted molar refractivity (Wildman–Crippen MR) is 130 cm³/mol. The molecule has 0 spiro atoms. The molecule has 2 heterocycles. The van der Waals surface area contributed by atoms with Gasteiger partial charge in [0.2, 0.25) is 16.8 Å². The first-order valence-electron chi connectivity index (χ1n) is 11.6. The van der Waals surface area contributed by atoms with Crippen molar-refractivity contribution >= 4 is 27.6 Å². The Balaban J connectivity index is 1.37. The minimum Gasteiger partial charge on any atom is -0.454 e. The highest BCUT2D eigenvalue weighted by molar-refractivity contribution is 7.89. The van der Waals surface area contributed by atoms with Gasteiger partial charge in [0, 0.05) is 24.7 Å². The van der Waals surface area contributed by atoms with Crippen LogP contribution in [-0.4, -0.2) is 44.0 Å². The topological polar surface area (TPSA) is 111 Å². The summed E-state index contributed by atoms with van der Waals surface area (Å²) in [5.41, 5.74) is 0.175. The van der Waals surface area contributed by atoms with E-state index in [9.17, 15) is 31.2 Å². The third-order valence-corrected chi connectivity index (χ3v) is 8.17. The van der Waals surface area contributed by atoms with Crippen LogP contribution in [-0.2, 0) is 43.5 Å². The molecule has 0 radical (unpaired) electrons. The second kappa shape index (κ2) is 10.2. The zero-order valence-corrected chi connectivity index (χ0v) is 20.9. The highest BCUT2D eigenvalue weighted by Crippen LogP contribution is 2.38. The monoisotopic (exact) mass is 562 g/mol. The fourth-order valence-electron chi connectivity index (χ4n) is 4.41. The number of esters is 1. The SMILES string of the molecule is O=C(COC(=O)C1Cc2ccccc2CN1S(=O)(=O)c1ccccc1C(F)(F)F)Nc1ccc2c(c1)OCO2. The molecule has 0 fully saturated rings. The number of benzene rings is 3. The third-order valence-electron chi connectivity index (χ3n) is 6.26. The molecule has 0 saturated heterocycles. The van der Waals surface area contributed by atoms with Crippen molar-refractivity contribution in [1.82, 2.24) is 4.31 Å². The molecule has 5 rings (SSSR count). The van der Waals surface area contributed by atoms with Gasteiger partial charge in [0.1, 0.15) is 6.04 Å². The fourth-order valence-corrected chi connectivity index (χ4v) is 6.18. The van der Waals surface area contributed by atoms with Gasteiger partial charge in [0.05, 0.1) is 10.5 Å². The number of ether oxygens (including phenoxy) is 3. The van der Waals surface area contributed by atoms with E-state index in [1.54, 1.807) is 36.4 Å². The molecular formula is C26H21F3N2O7S. The Morgan fingerprint density at radius 1 is 0.974 bits per heavy atom. The largest absolute Gasteiger partial charge is 0.454 e. The average molecular weight is 563 g/mol. The summed E-state index contributed by atoms with van der Waals surface area (Å²) < 4.78 is 84.4. The number of hydrogen-bond donors (Lipinski definition) is 1. The highest BCUT2D eigenvalue weighted by Gasteiger charge is 2.44. The second-order valence-electron chi connectivity index (χ2n) is 8.76. The normalized spacial score (nSPS) is 16.8. The summed E-state index contributed by atoms with van der Waals surface area (Å²) in [6.07, 6.45) is -5.09. The standard InChI is InChI=1S/C26H21F3N2O7S/c27-26(28,29)19-7-3-4-8-23(19)39(34,35)31-13-17-6-2-1-5-16(17)11-20(31)25(33)36-14-24(32)30-18-9-10-21-22(12-18)38-15-37-21/h1-10,12,20H,11,13-15H2,(H,30,32). The number of rotatable bonds is 6. The van der Waals surface area contributed by atoms with Crippen molar-refractivity contribution in [3.8, 4) is 11.5 Å². The maximum Gasteiger partial charge on any atom is 0.417 e. The fraction of sp³-hybridized carbons (Fsp3) is 0.231. The lowest BCUT2D eigenvalue weighted by Gasteiger charge is -2.34. The van der Waals surface area contributed by atoms with Gasteiger partial charge >= 0.3 is 12.1 Å². The molecule has 1 N–H and O–H groups in total. The molecule has 2 aliphatic heterocycles. The molecule has 3 aromatic carbocycles. The summed E-state index contributed by atoms with van der Waals surface area (Å²) in [4.78, 5) is 24.6. The quantitative estimate of drug-likeness (QED) is 0.456. The number of halogens is 3. The Bertz CT molecular complexity index is 1540. The Kier molecular flexibility index (Phi) is 6.95. The lowest BCUT2D eigenvalue weighted by Crippen LogP contribution is -2.49. The van der Waals surface area contributed by atoms with Crippen LogP contribution in [0.25, 0.3) is 0 Å². The van der Waals surface area contributed by atoms with Crippen LogP contribution < -0.4 is 14.8 Å². The molecule has 1 amide bonds. The Morgan fingerprint density at radius 3 is 2.44 bits per heavy atom. The van der Waals surface area contributed by atoms with Gasteiger partial charge in [0.25, 0.3) is 5.91 Å². The van der Waals surface area contributed by atoms with E-state index < -0.39 is 51.2 Å². The van der Waals surface area contributed by atoms with Crippen LogP contribution >= 0.6 is 0 Å². The molecule has 13 heteroatoms. The lowest BCUT2D eigenvalue weighted by molar-refractivity contribution is -0.151. The van der Waals surface area contributed by atoms with E-state index in [1.165, 1.54) is 12.1 Å². The smallest absolute Gasteiger partial charge is 0.417 e. The van der Waals surface area contributed by atoms with Crippen LogP contribution in [0.3, 0.4) is 0 Å². The van der Waals surface area contributed by atoms with Crippen molar-refractivity contribution in [3.05, 3.63) is 83.4 Å². The summed E-state index contributed by atoms with van der Waals surface area (Å²) in [5.74, 6) is -0.857. The number of carbonyl (C=O) groups is 2. The van der Waals surface area contributed by atoms with Gasteiger partial charge in [0.15, 0.2) is 18.1 Å². The number of nitrogens with zero attached hydrogens (tertiary/aromatic N) is 1. The molecule has 0 aliphatic carbocycles. The maximum atomic E-state index is 13.7. The number of alkyl halides is 3. The molecule has 3 aromatic rings. The highest BCUT2D eigenvalue weighted by atomic mass is 32.2. The number of hydrogen-bond acceptors (Lipinski definition) is 7. The van der Waals surface area contributed by atoms with E-state index >= 15 is 0 Å². The Hall–Kier alpha value is -4.10. The number of sulfonamides is 1. The van der Waals surface area contributed by atoms with Crippen molar-refractivity contribution < 1.29 is 45.4 Å². The molecular weight excluding hydrogens is 541 g/mol. The van der Waals surface area contributed by atoms with Crippen LogP contribution in [0.15, 0.2) is 71.6 Å². The van der Waals surface area contributed by atoms with E-state index in [-0.39, 0.29) is 19.8 Å². The maximum absolute atomic E-state index is 13.7. The van der Waals surface area contributed by atoms with Crippen LogP contribution in [0.4, 0.5) is 18.9 Å². The number of fused-ring (bicyclic) bond motifs is 2. The number of anilines is 1. The van der Waals surface area contributed by atoms with Crippen LogP contribution in [0.5, 0.6) is 11.5 Å². The zero-order valence-electron chi connectivity index (χ0n) is 20.1. The first kappa shape index (κ1) is 26.5. The zero-order chi connectivity index (χ0) is 27.8. The molecule has 0 saturated carbocycles. The van der Waals surface area contributed by atoms with Gasteiger partial charge < -0.3 is 19.5 Å². The molecule has 204 valence electrons. The van der Waals surface area contributed by atoms with Crippen LogP contribution in [0.1, 0.15) is 16.7 Å². The van der Waals surface area contributed by atoms with Gasteiger partial charge in [-0.05, 0) is 35.4 Å². The molecule has 9 nitrogen and oxygen atoms in total. The molecule has 0 aromatic heterocycles. The van der Waals surface area contributed by atoms with Crippen molar-refractivity contribution in [3.63, 3.8) is 0 Å². The van der Waals surface area contributed by atoms with Crippen molar-refractivity contribution in [2.75, 3.05) is 18.7 Å². The predicted octanol–water partition coefficient (Wildman–Crippen LogP) is 3.73. The second-order valence-corrected chi connectivity index (χ2v) is 10.6. The van der Waals surface area contributed by atoms with Crippen LogP contribution in [0, 0.1) is 0 Å². The first-order valence-corrected chi connectivity index (χ1v) is 13.1. The van der Waals surface area contributed by atoms with E-state index in [0.29, 0.717) is 38.7 Å². The van der Waals surface area contributed by atoms with E-state index in [2.05, 4.69) is 5.32 Å². The Morgan fingerprint density at radius 2 is 1.67 bits per heavy atom. The minimum absolute atomic E-state index is 0.0434. The average Bonchev–Trinajstić information content (AvgIpc) is 3.38. The molecule has 1 unspecified atom stereocenters. The third kappa shape index (κ3) is 5.40. The van der Waals surface area contributed by atoms with Gasteiger partial charge in [-0.3, -0.25) is 9.59 Å². The molecule has 2 aliphatic rings. The summed E-state index contributed by atoms with van der Waals surface area (Å²) in [7, 11) is -4.82. The molecule has 1 atom stereocenters. The molecule has 39 heavy (non-hydrogen) atoms. The number of nitrogens with one attached hydrogen (secondary N) is 1. The lowest BCUT2D eigenvalue weighted by atomic mass is 9.96. The minimum atomic E-state index is -4.94. The van der Waals surface area contributed by atoms with E-state index in [0.717, 1.165) is 12.1 Å². The number of amides is 1. The number of carbonyl (C=O) groups excluding carboxylic acids is 2. The van der Waals surface area contributed by atoms with Gasteiger partial charge in [-0.25, -0.2) is 8.42 Å². The van der Waals surface area contributed by atoms with Gasteiger partial charge in [-0.2, -0.15) is 17.5 Å². The van der Waals surface area contributed by atoms with Gasteiger partial charge in [-0.1, -0.05) is 36.4 Å². The summed E-state index contributed by atoms with van der Waals surface area (Å²) >= 11 is 0. The van der Waals surface area contributed by atoms with Crippen LogP contribution in [0.2, 0.25) is 0 Å². The summed E-state index contributed by atoms with van der Waals surface area (Å²) in [6.45, 7) is -1.06. The first-order chi connectivity index (χ1) is 18.5. The van der Waals surface area contributed by atoms with Crippen molar-refractivity contribution in [1.29, 1.82) is 0 Å². The van der Waals surface area contributed by atoms with E-state index in [1.807, 2.05) is 0 Å². The summed E-state index contributed by atoms with van der Waals surface area (Å²) in [6, 6.07) is 13.6. The van der Waals surface area contributed by atoms with Gasteiger partial charge in [-0.15, -0.1) is 0 Å². The molecule has 0 bridgehead atoms. The Labute approximate surface area is 221 Å².